The molecular formula is C15H20N2O3. The van der Waals surface area contributed by atoms with E-state index in [-0.39, 0.29) is 22.8 Å². The molecule has 1 aromatic rings. The molecule has 0 bridgehead atoms. The van der Waals surface area contributed by atoms with Crippen LogP contribution in [0.3, 0.4) is 0 Å². The number of pyridine rings is 1. The van der Waals surface area contributed by atoms with E-state index in [2.05, 4.69) is 24.1 Å². The van der Waals surface area contributed by atoms with Gasteiger partial charge in [0.25, 0.3) is 0 Å². The highest BCUT2D eigenvalue weighted by Gasteiger charge is 2.37. The van der Waals surface area contributed by atoms with E-state index in [1.54, 1.807) is 0 Å². The molecule has 0 saturated heterocycles. The molecule has 1 aliphatic carbocycles. The van der Waals surface area contributed by atoms with Crippen LogP contribution >= 0.6 is 0 Å². The van der Waals surface area contributed by atoms with Gasteiger partial charge in [-0.05, 0) is 30.4 Å². The van der Waals surface area contributed by atoms with Gasteiger partial charge in [-0.3, -0.25) is 4.79 Å². The quantitative estimate of drug-likeness (QED) is 0.889. The Hall–Kier alpha value is -1.91. The summed E-state index contributed by atoms with van der Waals surface area (Å²) in [7, 11) is 0. The number of nitrogens with zero attached hydrogens (tertiary/aromatic N) is 1. The molecule has 0 spiro atoms. The van der Waals surface area contributed by atoms with Crippen LogP contribution in [-0.4, -0.2) is 22.0 Å². The molecule has 1 aliphatic rings. The van der Waals surface area contributed by atoms with Gasteiger partial charge in [0.2, 0.25) is 5.91 Å². The monoisotopic (exact) mass is 276 g/mol. The Kier molecular flexibility index (Phi) is 4.06. The van der Waals surface area contributed by atoms with Gasteiger partial charge >= 0.3 is 5.97 Å². The summed E-state index contributed by atoms with van der Waals surface area (Å²) in [6.45, 7) is 4.24. The van der Waals surface area contributed by atoms with Crippen molar-refractivity contribution in [3.05, 3.63) is 23.9 Å². The minimum atomic E-state index is -1.02. The molecule has 1 unspecified atom stereocenters. The van der Waals surface area contributed by atoms with Gasteiger partial charge in [-0.25, -0.2) is 9.78 Å². The number of anilines is 1. The van der Waals surface area contributed by atoms with Crippen molar-refractivity contribution in [1.82, 2.24) is 4.98 Å². The maximum Gasteiger partial charge on any atom is 0.337 e. The Bertz CT molecular complexity index is 508. The topological polar surface area (TPSA) is 79.3 Å². The van der Waals surface area contributed by atoms with Crippen molar-refractivity contribution in [2.24, 2.45) is 11.3 Å². The van der Waals surface area contributed by atoms with Gasteiger partial charge in [-0.2, -0.15) is 0 Å². The van der Waals surface area contributed by atoms with E-state index < -0.39 is 5.97 Å². The third kappa shape index (κ3) is 3.15. The van der Waals surface area contributed by atoms with Gasteiger partial charge in [0.05, 0.1) is 5.56 Å². The number of rotatable bonds is 3. The summed E-state index contributed by atoms with van der Waals surface area (Å²) in [6.07, 6.45) is 5.45. The number of nitrogens with one attached hydrogen (secondary N) is 1. The van der Waals surface area contributed by atoms with Crippen molar-refractivity contribution in [2.75, 3.05) is 5.32 Å². The summed E-state index contributed by atoms with van der Waals surface area (Å²) in [5.74, 6) is -0.660. The largest absolute Gasteiger partial charge is 0.478 e. The Morgan fingerprint density at radius 1 is 1.35 bits per heavy atom. The Morgan fingerprint density at radius 3 is 2.65 bits per heavy atom. The van der Waals surface area contributed by atoms with Crippen LogP contribution in [0, 0.1) is 11.3 Å². The first-order valence-electron chi connectivity index (χ1n) is 6.90. The molecule has 20 heavy (non-hydrogen) atoms. The zero-order chi connectivity index (χ0) is 14.8. The van der Waals surface area contributed by atoms with E-state index in [0.717, 1.165) is 19.3 Å². The minimum absolute atomic E-state index is 0.00331. The third-order valence-corrected chi connectivity index (χ3v) is 4.09. The van der Waals surface area contributed by atoms with Gasteiger partial charge in [0, 0.05) is 12.1 Å². The third-order valence-electron chi connectivity index (χ3n) is 4.09. The number of aromatic nitrogens is 1. The van der Waals surface area contributed by atoms with Crippen LogP contribution in [0.4, 0.5) is 5.82 Å². The average molecular weight is 276 g/mol. The van der Waals surface area contributed by atoms with E-state index >= 15 is 0 Å². The van der Waals surface area contributed by atoms with Crippen LogP contribution in [0.25, 0.3) is 0 Å². The predicted molar refractivity (Wildman–Crippen MR) is 75.6 cm³/mol. The van der Waals surface area contributed by atoms with Crippen LogP contribution < -0.4 is 5.32 Å². The van der Waals surface area contributed by atoms with Gasteiger partial charge in [0.15, 0.2) is 0 Å². The second kappa shape index (κ2) is 5.61. The van der Waals surface area contributed by atoms with Crippen molar-refractivity contribution in [2.45, 2.75) is 39.5 Å². The molecule has 0 radical (unpaired) electrons. The van der Waals surface area contributed by atoms with Crippen molar-refractivity contribution in [1.29, 1.82) is 0 Å². The normalized spacial score (nSPS) is 21.2. The fourth-order valence-electron chi connectivity index (χ4n) is 2.79. The minimum Gasteiger partial charge on any atom is -0.478 e. The van der Waals surface area contributed by atoms with E-state index in [4.69, 9.17) is 5.11 Å². The Morgan fingerprint density at radius 2 is 2.10 bits per heavy atom. The predicted octanol–water partition coefficient (Wildman–Crippen LogP) is 2.93. The highest BCUT2D eigenvalue weighted by Crippen LogP contribution is 2.40. The lowest BCUT2D eigenvalue weighted by atomic mass is 9.68. The molecule has 108 valence electrons. The average Bonchev–Trinajstić information content (AvgIpc) is 2.38. The fraction of sp³-hybridized carbons (Fsp3) is 0.533. The number of carbonyl (C=O) groups is 2. The van der Waals surface area contributed by atoms with Crippen LogP contribution in [-0.2, 0) is 4.79 Å². The van der Waals surface area contributed by atoms with Crippen LogP contribution in [0.2, 0.25) is 0 Å². The van der Waals surface area contributed by atoms with E-state index in [1.807, 2.05) is 0 Å². The summed E-state index contributed by atoms with van der Waals surface area (Å²) in [5, 5.41) is 11.6. The van der Waals surface area contributed by atoms with Crippen molar-refractivity contribution in [3.8, 4) is 0 Å². The van der Waals surface area contributed by atoms with Crippen LogP contribution in [0.1, 0.15) is 49.9 Å². The number of carbonyl (C=O) groups excluding carboxylic acids is 1. The first-order valence-corrected chi connectivity index (χ1v) is 6.90. The van der Waals surface area contributed by atoms with Crippen molar-refractivity contribution in [3.63, 3.8) is 0 Å². The highest BCUT2D eigenvalue weighted by molar-refractivity contribution is 5.93. The lowest BCUT2D eigenvalue weighted by Crippen LogP contribution is -2.37. The Labute approximate surface area is 118 Å². The summed E-state index contributed by atoms with van der Waals surface area (Å²) in [6, 6.07) is 2.97. The molecule has 1 amide bonds. The number of amides is 1. The number of carboxylic acids is 1. The zero-order valence-corrected chi connectivity index (χ0v) is 11.8. The molecule has 2 N–H and O–H groups in total. The lowest BCUT2D eigenvalue weighted by molar-refractivity contribution is -0.124. The van der Waals surface area contributed by atoms with Crippen molar-refractivity contribution >= 4 is 17.7 Å². The molecule has 0 aromatic carbocycles. The lowest BCUT2D eigenvalue weighted by Gasteiger charge is -2.37. The highest BCUT2D eigenvalue weighted by atomic mass is 16.4. The standard InChI is InChI=1S/C15H20N2O3/c1-15(2)8-4-3-5-11(15)13(18)17-12-7-6-10(9-16-12)14(19)20/h6-7,9,11H,3-5,8H2,1-2H3,(H,19,20)(H,16,17,18). The SMILES string of the molecule is CC1(C)CCCCC1C(=O)Nc1ccc(C(=O)O)cn1. The Balaban J connectivity index is 2.05. The molecule has 1 heterocycles. The molecule has 5 heteroatoms. The fourth-order valence-corrected chi connectivity index (χ4v) is 2.79. The van der Waals surface area contributed by atoms with E-state index in [9.17, 15) is 9.59 Å². The van der Waals surface area contributed by atoms with Gasteiger partial charge in [0.1, 0.15) is 5.82 Å². The van der Waals surface area contributed by atoms with E-state index in [0.29, 0.717) is 5.82 Å². The summed E-state index contributed by atoms with van der Waals surface area (Å²) >= 11 is 0. The zero-order valence-electron chi connectivity index (χ0n) is 11.8. The molecule has 2 rings (SSSR count). The summed E-state index contributed by atoms with van der Waals surface area (Å²) in [5.41, 5.74) is 0.115. The molecular weight excluding hydrogens is 256 g/mol. The molecule has 1 atom stereocenters. The smallest absolute Gasteiger partial charge is 0.337 e. The maximum absolute atomic E-state index is 12.3. The summed E-state index contributed by atoms with van der Waals surface area (Å²) < 4.78 is 0. The molecule has 5 nitrogen and oxygen atoms in total. The number of carboxylic acid groups (broad SMARTS) is 1. The van der Waals surface area contributed by atoms with E-state index in [1.165, 1.54) is 24.8 Å². The molecule has 1 aromatic heterocycles. The van der Waals surface area contributed by atoms with Crippen LogP contribution in [0.15, 0.2) is 18.3 Å². The van der Waals surface area contributed by atoms with Gasteiger partial charge < -0.3 is 10.4 Å². The molecule has 1 fully saturated rings. The van der Waals surface area contributed by atoms with Crippen LogP contribution in [0.5, 0.6) is 0 Å². The summed E-state index contributed by atoms with van der Waals surface area (Å²) in [4.78, 5) is 27.0. The van der Waals surface area contributed by atoms with Gasteiger partial charge in [-0.15, -0.1) is 0 Å². The number of hydrogen-bond acceptors (Lipinski definition) is 3. The van der Waals surface area contributed by atoms with Gasteiger partial charge in [-0.1, -0.05) is 26.7 Å². The molecule has 0 aliphatic heterocycles. The first kappa shape index (κ1) is 14.5. The second-order valence-corrected chi connectivity index (χ2v) is 6.01. The van der Waals surface area contributed by atoms with Crippen molar-refractivity contribution < 1.29 is 14.7 Å². The first-order chi connectivity index (χ1) is 9.40. The number of hydrogen-bond donors (Lipinski definition) is 2. The molecule has 1 saturated carbocycles. The maximum atomic E-state index is 12.3. The second-order valence-electron chi connectivity index (χ2n) is 6.01. The number of aromatic carboxylic acids is 1.